The minimum Gasteiger partial charge on any atom is -0.486 e. The van der Waals surface area contributed by atoms with Crippen molar-refractivity contribution in [3.63, 3.8) is 0 Å². The quantitative estimate of drug-likeness (QED) is 0.742. The molecule has 24 heavy (non-hydrogen) atoms. The zero-order chi connectivity index (χ0) is 17.1. The van der Waals surface area contributed by atoms with Crippen molar-refractivity contribution in [3.8, 4) is 17.0 Å². The molecule has 0 bridgehead atoms. The Kier molecular flexibility index (Phi) is 4.43. The molecule has 3 aromatic rings. The zero-order valence-corrected chi connectivity index (χ0v) is 13.0. The van der Waals surface area contributed by atoms with E-state index in [4.69, 9.17) is 22.1 Å². The summed E-state index contributed by atoms with van der Waals surface area (Å²) in [5, 5.41) is 10.4. The van der Waals surface area contributed by atoms with Crippen LogP contribution in [0.3, 0.4) is 0 Å². The van der Waals surface area contributed by atoms with Gasteiger partial charge in [0.2, 0.25) is 0 Å². The Balaban J connectivity index is 1.78. The first kappa shape index (κ1) is 15.9. The van der Waals surface area contributed by atoms with Gasteiger partial charge in [0.05, 0.1) is 0 Å². The van der Waals surface area contributed by atoms with E-state index in [0.29, 0.717) is 10.6 Å². The first-order chi connectivity index (χ1) is 11.5. The maximum absolute atomic E-state index is 14.2. The lowest BCUT2D eigenvalue weighted by atomic mass is 10.1. The molecule has 0 radical (unpaired) electrons. The maximum Gasteiger partial charge on any atom is 0.271 e. The average molecular weight is 347 g/mol. The number of aromatic nitrogens is 3. The molecular weight excluding hydrogens is 335 g/mol. The Morgan fingerprint density at radius 3 is 2.62 bits per heavy atom. The molecule has 2 aromatic carbocycles. The van der Waals surface area contributed by atoms with Crippen LogP contribution in [-0.2, 0) is 6.61 Å². The molecule has 0 aliphatic rings. The highest BCUT2D eigenvalue weighted by molar-refractivity contribution is 6.30. The van der Waals surface area contributed by atoms with Gasteiger partial charge in [0.1, 0.15) is 12.3 Å². The largest absolute Gasteiger partial charge is 0.486 e. The average Bonchev–Trinajstić information content (AvgIpc) is 3.05. The number of nitrogens with zero attached hydrogens (tertiary/aromatic N) is 2. The molecule has 0 unspecified atom stereocenters. The predicted octanol–water partition coefficient (Wildman–Crippen LogP) is 2.94. The van der Waals surface area contributed by atoms with Crippen molar-refractivity contribution >= 4 is 17.5 Å². The zero-order valence-electron chi connectivity index (χ0n) is 12.3. The summed E-state index contributed by atoms with van der Waals surface area (Å²) in [6, 6.07) is 11.3. The highest BCUT2D eigenvalue weighted by Gasteiger charge is 2.16. The summed E-state index contributed by atoms with van der Waals surface area (Å²) < 4.78 is 19.7. The second-order valence-corrected chi connectivity index (χ2v) is 5.38. The van der Waals surface area contributed by atoms with Gasteiger partial charge in [-0.05, 0) is 35.9 Å². The number of amides is 1. The normalized spacial score (nSPS) is 10.6. The van der Waals surface area contributed by atoms with E-state index in [1.807, 2.05) is 0 Å². The van der Waals surface area contributed by atoms with E-state index in [1.54, 1.807) is 30.3 Å². The molecule has 0 aliphatic carbocycles. The number of nitrogens with two attached hydrogens (primary N) is 1. The van der Waals surface area contributed by atoms with Gasteiger partial charge in [0, 0.05) is 10.6 Å². The van der Waals surface area contributed by atoms with E-state index in [9.17, 15) is 9.18 Å². The number of aromatic amines is 1. The molecule has 1 amide bonds. The third kappa shape index (κ3) is 3.36. The lowest BCUT2D eigenvalue weighted by Crippen LogP contribution is -2.12. The van der Waals surface area contributed by atoms with Crippen molar-refractivity contribution in [2.24, 2.45) is 5.73 Å². The molecule has 1 heterocycles. The fourth-order valence-electron chi connectivity index (χ4n) is 2.11. The predicted molar refractivity (Wildman–Crippen MR) is 86.1 cm³/mol. The molecular formula is C16H12ClFN4O2. The van der Waals surface area contributed by atoms with Crippen molar-refractivity contribution in [2.45, 2.75) is 6.61 Å². The van der Waals surface area contributed by atoms with Crippen LogP contribution in [0.5, 0.6) is 5.75 Å². The smallest absolute Gasteiger partial charge is 0.271 e. The minimum atomic E-state index is -0.748. The van der Waals surface area contributed by atoms with E-state index in [0.717, 1.165) is 5.56 Å². The Hall–Kier alpha value is -2.93. The number of nitrogens with one attached hydrogen (secondary N) is 1. The number of hydrogen-bond acceptors (Lipinski definition) is 4. The van der Waals surface area contributed by atoms with Crippen LogP contribution in [0.2, 0.25) is 5.02 Å². The maximum atomic E-state index is 14.2. The number of benzene rings is 2. The van der Waals surface area contributed by atoms with E-state index in [-0.39, 0.29) is 23.7 Å². The molecule has 3 N–H and O–H groups in total. The van der Waals surface area contributed by atoms with Gasteiger partial charge < -0.3 is 10.5 Å². The van der Waals surface area contributed by atoms with Crippen LogP contribution in [-0.4, -0.2) is 21.3 Å². The van der Waals surface area contributed by atoms with Gasteiger partial charge in [-0.1, -0.05) is 23.7 Å². The van der Waals surface area contributed by atoms with E-state index < -0.39 is 11.7 Å². The molecule has 0 saturated carbocycles. The van der Waals surface area contributed by atoms with Crippen LogP contribution >= 0.6 is 11.6 Å². The van der Waals surface area contributed by atoms with Crippen LogP contribution in [0.1, 0.15) is 16.1 Å². The van der Waals surface area contributed by atoms with Crippen LogP contribution in [0.15, 0.2) is 42.5 Å². The number of ether oxygens (including phenoxy) is 1. The van der Waals surface area contributed by atoms with Gasteiger partial charge in [-0.25, -0.2) is 4.39 Å². The van der Waals surface area contributed by atoms with Gasteiger partial charge >= 0.3 is 0 Å². The second-order valence-electron chi connectivity index (χ2n) is 4.95. The Morgan fingerprint density at radius 2 is 1.96 bits per heavy atom. The molecule has 122 valence electrons. The van der Waals surface area contributed by atoms with Crippen molar-refractivity contribution < 1.29 is 13.9 Å². The fourth-order valence-corrected chi connectivity index (χ4v) is 2.24. The monoisotopic (exact) mass is 346 g/mol. The van der Waals surface area contributed by atoms with Crippen LogP contribution in [0.25, 0.3) is 11.3 Å². The number of carbonyl (C=O) groups excluding carboxylic acids is 1. The highest BCUT2D eigenvalue weighted by Crippen LogP contribution is 2.26. The molecule has 0 spiro atoms. The van der Waals surface area contributed by atoms with Crippen molar-refractivity contribution in [3.05, 3.63) is 64.6 Å². The number of primary amides is 1. The van der Waals surface area contributed by atoms with Gasteiger partial charge in [-0.3, -0.25) is 4.79 Å². The summed E-state index contributed by atoms with van der Waals surface area (Å²) >= 11 is 5.81. The van der Waals surface area contributed by atoms with Gasteiger partial charge in [0.25, 0.3) is 5.91 Å². The molecule has 1 aromatic heterocycles. The first-order valence-corrected chi connectivity index (χ1v) is 7.30. The van der Waals surface area contributed by atoms with Crippen molar-refractivity contribution in [1.29, 1.82) is 0 Å². The standard InChI is InChI=1S/C16H12ClFN4O2/c17-11-4-1-9(2-5-11)8-24-13-6-3-10(7-12(13)18)14-15(16(19)23)21-22-20-14/h1-7H,8H2,(H2,19,23)(H,20,21,22). The number of halogens is 2. The molecule has 3 rings (SSSR count). The molecule has 0 fully saturated rings. The molecule has 0 aliphatic heterocycles. The summed E-state index contributed by atoms with van der Waals surface area (Å²) in [5.41, 5.74) is 6.56. The highest BCUT2D eigenvalue weighted by atomic mass is 35.5. The van der Waals surface area contributed by atoms with Crippen molar-refractivity contribution in [2.75, 3.05) is 0 Å². The second kappa shape index (κ2) is 6.67. The Labute approximate surface area is 141 Å². The molecule has 8 heteroatoms. The number of carbonyl (C=O) groups is 1. The number of H-pyrrole nitrogens is 1. The third-order valence-corrected chi connectivity index (χ3v) is 3.55. The SMILES string of the molecule is NC(=O)c1n[nH]nc1-c1ccc(OCc2ccc(Cl)cc2)c(F)c1. The Bertz CT molecular complexity index is 880. The summed E-state index contributed by atoms with van der Waals surface area (Å²) in [6.07, 6.45) is 0. The summed E-state index contributed by atoms with van der Waals surface area (Å²) in [4.78, 5) is 11.3. The number of rotatable bonds is 5. The van der Waals surface area contributed by atoms with Gasteiger partial charge in [-0.15, -0.1) is 0 Å². The molecule has 0 atom stereocenters. The lowest BCUT2D eigenvalue weighted by molar-refractivity contribution is 0.0996. The van der Waals surface area contributed by atoms with E-state index in [2.05, 4.69) is 15.4 Å². The summed E-state index contributed by atoms with van der Waals surface area (Å²) in [5.74, 6) is -1.25. The summed E-state index contributed by atoms with van der Waals surface area (Å²) in [6.45, 7) is 0.198. The number of hydrogen-bond donors (Lipinski definition) is 2. The van der Waals surface area contributed by atoms with Gasteiger partial charge in [0.15, 0.2) is 17.3 Å². The van der Waals surface area contributed by atoms with Crippen LogP contribution in [0.4, 0.5) is 4.39 Å². The lowest BCUT2D eigenvalue weighted by Gasteiger charge is -2.08. The van der Waals surface area contributed by atoms with Gasteiger partial charge in [-0.2, -0.15) is 15.4 Å². The van der Waals surface area contributed by atoms with Crippen LogP contribution < -0.4 is 10.5 Å². The fraction of sp³-hybridized carbons (Fsp3) is 0.0625. The first-order valence-electron chi connectivity index (χ1n) is 6.92. The molecule has 0 saturated heterocycles. The summed E-state index contributed by atoms with van der Waals surface area (Å²) in [7, 11) is 0. The minimum absolute atomic E-state index is 0.0516. The third-order valence-electron chi connectivity index (χ3n) is 3.29. The Morgan fingerprint density at radius 1 is 1.21 bits per heavy atom. The van der Waals surface area contributed by atoms with Crippen LogP contribution in [0, 0.1) is 5.82 Å². The van der Waals surface area contributed by atoms with E-state index >= 15 is 0 Å². The van der Waals surface area contributed by atoms with E-state index in [1.165, 1.54) is 12.1 Å². The molecule has 6 nitrogen and oxygen atoms in total. The van der Waals surface area contributed by atoms with Crippen molar-refractivity contribution in [1.82, 2.24) is 15.4 Å². The topological polar surface area (TPSA) is 93.9 Å².